The van der Waals surface area contributed by atoms with Crippen molar-refractivity contribution in [1.29, 1.82) is 0 Å². The average molecular weight is 423 g/mol. The second-order valence-corrected chi connectivity index (χ2v) is 9.29. The highest BCUT2D eigenvalue weighted by atomic mass is 32.1. The van der Waals surface area contributed by atoms with Gasteiger partial charge in [0.2, 0.25) is 0 Å². The van der Waals surface area contributed by atoms with Gasteiger partial charge >= 0.3 is 0 Å². The van der Waals surface area contributed by atoms with Crippen molar-refractivity contribution < 1.29 is 4.74 Å². The molecule has 0 bridgehead atoms. The van der Waals surface area contributed by atoms with Crippen LogP contribution in [0.3, 0.4) is 0 Å². The van der Waals surface area contributed by atoms with Gasteiger partial charge in [-0.15, -0.1) is 22.7 Å². The zero-order valence-electron chi connectivity index (χ0n) is 16.0. The molecule has 4 aromatic rings. The lowest BCUT2D eigenvalue weighted by Gasteiger charge is -2.22. The Bertz CT molecular complexity index is 1150. The molecule has 4 nitrogen and oxygen atoms in total. The first-order valence-corrected chi connectivity index (χ1v) is 11.8. The van der Waals surface area contributed by atoms with Crippen LogP contribution in [0.4, 0.5) is 0 Å². The molecule has 29 heavy (non-hydrogen) atoms. The molecule has 0 aliphatic carbocycles. The Morgan fingerprint density at radius 3 is 2.55 bits per heavy atom. The lowest BCUT2D eigenvalue weighted by atomic mass is 9.96. The second kappa shape index (κ2) is 8.22. The predicted molar refractivity (Wildman–Crippen MR) is 121 cm³/mol. The summed E-state index contributed by atoms with van der Waals surface area (Å²) in [6.07, 6.45) is 3.14. The van der Waals surface area contributed by atoms with Crippen LogP contribution in [0.5, 0.6) is 0 Å². The molecule has 4 heterocycles. The Balaban J connectivity index is 1.52. The standard InChI is InChI=1S/C23H22N2O2S2/c26-23-21-19(10-15-29-21)24-22(25(23)11-7-16-8-12-27-13-9-16)18-5-3-17(4-6-18)20-2-1-14-28-20/h1-6,10,14-16H,7-9,11-13H2. The molecule has 3 aromatic heterocycles. The molecule has 0 N–H and O–H groups in total. The predicted octanol–water partition coefficient (Wildman–Crippen LogP) is 5.67. The van der Waals surface area contributed by atoms with Crippen LogP contribution in [0.2, 0.25) is 0 Å². The maximum absolute atomic E-state index is 13.2. The Morgan fingerprint density at radius 1 is 1.00 bits per heavy atom. The number of ether oxygens (including phenoxy) is 1. The molecule has 0 radical (unpaired) electrons. The number of rotatable bonds is 5. The third kappa shape index (κ3) is 3.80. The van der Waals surface area contributed by atoms with Crippen LogP contribution in [-0.4, -0.2) is 22.8 Å². The van der Waals surface area contributed by atoms with E-state index in [4.69, 9.17) is 9.72 Å². The van der Waals surface area contributed by atoms with Gasteiger partial charge in [-0.05, 0) is 53.6 Å². The summed E-state index contributed by atoms with van der Waals surface area (Å²) in [6, 6.07) is 14.5. The Morgan fingerprint density at radius 2 is 1.79 bits per heavy atom. The summed E-state index contributed by atoms with van der Waals surface area (Å²) in [6.45, 7) is 2.37. The number of benzene rings is 1. The summed E-state index contributed by atoms with van der Waals surface area (Å²) in [5.41, 5.74) is 3.05. The third-order valence-corrected chi connectivity index (χ3v) is 7.43. The number of fused-ring (bicyclic) bond motifs is 1. The van der Waals surface area contributed by atoms with Crippen LogP contribution in [0.1, 0.15) is 19.3 Å². The molecule has 0 saturated carbocycles. The van der Waals surface area contributed by atoms with Crippen molar-refractivity contribution >= 4 is 32.9 Å². The van der Waals surface area contributed by atoms with Crippen molar-refractivity contribution in [3.05, 3.63) is 63.6 Å². The van der Waals surface area contributed by atoms with Crippen LogP contribution in [0, 0.1) is 5.92 Å². The summed E-state index contributed by atoms with van der Waals surface area (Å²) in [4.78, 5) is 19.3. The SMILES string of the molecule is O=c1c2sccc2nc(-c2ccc(-c3cccs3)cc2)n1CCC1CCOCC1. The number of hydrogen-bond donors (Lipinski definition) is 0. The molecule has 1 aliphatic rings. The van der Waals surface area contributed by atoms with Gasteiger partial charge in [-0.2, -0.15) is 0 Å². The topological polar surface area (TPSA) is 44.1 Å². The molecule has 0 amide bonds. The van der Waals surface area contributed by atoms with Crippen molar-refractivity contribution in [2.45, 2.75) is 25.8 Å². The quantitative estimate of drug-likeness (QED) is 0.416. The first-order valence-electron chi connectivity index (χ1n) is 10.00. The number of thiophene rings is 2. The molecular weight excluding hydrogens is 400 g/mol. The van der Waals surface area contributed by atoms with E-state index in [9.17, 15) is 4.79 Å². The average Bonchev–Trinajstić information content (AvgIpc) is 3.46. The second-order valence-electron chi connectivity index (χ2n) is 7.43. The van der Waals surface area contributed by atoms with Gasteiger partial charge in [-0.1, -0.05) is 30.3 Å². The molecule has 1 aromatic carbocycles. The van der Waals surface area contributed by atoms with Crippen molar-refractivity contribution in [2.75, 3.05) is 13.2 Å². The summed E-state index contributed by atoms with van der Waals surface area (Å²) < 4.78 is 8.11. The van der Waals surface area contributed by atoms with Gasteiger partial charge in [0.1, 0.15) is 10.5 Å². The first-order chi connectivity index (χ1) is 14.3. The highest BCUT2D eigenvalue weighted by molar-refractivity contribution is 7.17. The number of nitrogens with zero attached hydrogens (tertiary/aromatic N) is 2. The fraction of sp³-hybridized carbons (Fsp3) is 0.304. The van der Waals surface area contributed by atoms with Crippen molar-refractivity contribution in [3.8, 4) is 21.8 Å². The van der Waals surface area contributed by atoms with E-state index in [1.807, 2.05) is 16.0 Å². The maximum Gasteiger partial charge on any atom is 0.271 e. The smallest absolute Gasteiger partial charge is 0.271 e. The molecule has 0 spiro atoms. The highest BCUT2D eigenvalue weighted by Gasteiger charge is 2.18. The van der Waals surface area contributed by atoms with E-state index < -0.39 is 0 Å². The maximum atomic E-state index is 13.2. The van der Waals surface area contributed by atoms with E-state index in [0.29, 0.717) is 12.5 Å². The highest BCUT2D eigenvalue weighted by Crippen LogP contribution is 2.28. The molecule has 5 rings (SSSR count). The molecule has 1 saturated heterocycles. The van der Waals surface area contributed by atoms with E-state index in [0.717, 1.165) is 54.1 Å². The van der Waals surface area contributed by atoms with Gasteiger partial charge < -0.3 is 4.74 Å². The first kappa shape index (κ1) is 18.7. The van der Waals surface area contributed by atoms with E-state index in [-0.39, 0.29) is 5.56 Å². The Labute approximate surface area is 177 Å². The minimum absolute atomic E-state index is 0.0781. The van der Waals surface area contributed by atoms with E-state index in [1.165, 1.54) is 21.8 Å². The molecule has 0 unspecified atom stereocenters. The normalized spacial score (nSPS) is 15.2. The zero-order chi connectivity index (χ0) is 19.6. The van der Waals surface area contributed by atoms with E-state index >= 15 is 0 Å². The summed E-state index contributed by atoms with van der Waals surface area (Å²) in [5, 5.41) is 4.04. The van der Waals surface area contributed by atoms with E-state index in [2.05, 4.69) is 41.8 Å². The van der Waals surface area contributed by atoms with Crippen LogP contribution in [0.25, 0.3) is 32.0 Å². The van der Waals surface area contributed by atoms with Crippen molar-refractivity contribution in [3.63, 3.8) is 0 Å². The molecule has 1 aliphatic heterocycles. The fourth-order valence-electron chi connectivity index (χ4n) is 3.94. The molecule has 1 fully saturated rings. The minimum Gasteiger partial charge on any atom is -0.381 e. The van der Waals surface area contributed by atoms with Gasteiger partial charge in [-0.25, -0.2) is 4.98 Å². The summed E-state index contributed by atoms with van der Waals surface area (Å²) >= 11 is 3.21. The molecule has 148 valence electrons. The molecular formula is C23H22N2O2S2. The van der Waals surface area contributed by atoms with Gasteiger partial charge in [0.15, 0.2) is 0 Å². The van der Waals surface area contributed by atoms with Crippen LogP contribution in [-0.2, 0) is 11.3 Å². The van der Waals surface area contributed by atoms with Gasteiger partial charge in [-0.3, -0.25) is 9.36 Å². The van der Waals surface area contributed by atoms with E-state index in [1.54, 1.807) is 11.3 Å². The Hall–Kier alpha value is -2.28. The van der Waals surface area contributed by atoms with Crippen LogP contribution < -0.4 is 5.56 Å². The zero-order valence-corrected chi connectivity index (χ0v) is 17.7. The monoisotopic (exact) mass is 422 g/mol. The van der Waals surface area contributed by atoms with Crippen molar-refractivity contribution in [1.82, 2.24) is 9.55 Å². The van der Waals surface area contributed by atoms with Gasteiger partial charge in [0, 0.05) is 30.2 Å². The molecule has 6 heteroatoms. The lowest BCUT2D eigenvalue weighted by molar-refractivity contribution is 0.0625. The summed E-state index contributed by atoms with van der Waals surface area (Å²) in [7, 11) is 0. The number of aromatic nitrogens is 2. The van der Waals surface area contributed by atoms with Crippen molar-refractivity contribution in [2.24, 2.45) is 5.92 Å². The van der Waals surface area contributed by atoms with Crippen LogP contribution in [0.15, 0.2) is 58.0 Å². The number of hydrogen-bond acceptors (Lipinski definition) is 5. The third-order valence-electron chi connectivity index (χ3n) is 5.62. The Kier molecular flexibility index (Phi) is 5.31. The van der Waals surface area contributed by atoms with Gasteiger partial charge in [0.05, 0.1) is 5.52 Å². The fourth-order valence-corrected chi connectivity index (χ4v) is 5.46. The minimum atomic E-state index is 0.0781. The van der Waals surface area contributed by atoms with Crippen LogP contribution >= 0.6 is 22.7 Å². The summed E-state index contributed by atoms with van der Waals surface area (Å²) in [5.74, 6) is 1.38. The molecule has 0 atom stereocenters. The van der Waals surface area contributed by atoms with Gasteiger partial charge in [0.25, 0.3) is 5.56 Å². The lowest BCUT2D eigenvalue weighted by Crippen LogP contribution is -2.25. The largest absolute Gasteiger partial charge is 0.381 e.